The highest BCUT2D eigenvalue weighted by Gasteiger charge is 2.25. The van der Waals surface area contributed by atoms with E-state index in [9.17, 15) is 18.7 Å². The number of ether oxygens (including phenoxy) is 1. The summed E-state index contributed by atoms with van der Waals surface area (Å²) in [4.78, 5) is 11.3. The third-order valence-corrected chi connectivity index (χ3v) is 6.36. The van der Waals surface area contributed by atoms with Gasteiger partial charge >= 0.3 is 5.97 Å². The van der Waals surface area contributed by atoms with E-state index in [1.165, 1.54) is 23.5 Å². The van der Waals surface area contributed by atoms with Crippen molar-refractivity contribution in [3.8, 4) is 21.9 Å². The van der Waals surface area contributed by atoms with E-state index >= 15 is 0 Å². The Labute approximate surface area is 187 Å². The molecule has 0 saturated heterocycles. The first-order chi connectivity index (χ1) is 15.3. The monoisotopic (exact) mass is 454 g/mol. The van der Waals surface area contributed by atoms with E-state index in [4.69, 9.17) is 9.84 Å². The molecule has 2 atom stereocenters. The van der Waals surface area contributed by atoms with E-state index in [0.717, 1.165) is 21.7 Å². The van der Waals surface area contributed by atoms with Gasteiger partial charge in [0.15, 0.2) is 0 Å². The summed E-state index contributed by atoms with van der Waals surface area (Å²) in [5, 5.41) is 19.5. The lowest BCUT2D eigenvalue weighted by molar-refractivity contribution is -0.131. The Hall–Kier alpha value is -3.45. The Morgan fingerprint density at radius 3 is 2.72 bits per heavy atom. The number of halogens is 2. The molecule has 0 fully saturated rings. The number of thiophene rings is 1. The van der Waals surface area contributed by atoms with Crippen molar-refractivity contribution in [1.82, 2.24) is 0 Å². The predicted molar refractivity (Wildman–Crippen MR) is 121 cm³/mol. The molecule has 2 unspecified atom stereocenters. The second-order valence-electron chi connectivity index (χ2n) is 7.47. The van der Waals surface area contributed by atoms with Crippen LogP contribution in [-0.4, -0.2) is 22.3 Å². The summed E-state index contributed by atoms with van der Waals surface area (Å²) in [7, 11) is 0. The van der Waals surface area contributed by atoms with Crippen molar-refractivity contribution in [2.75, 3.05) is 0 Å². The zero-order valence-electron chi connectivity index (χ0n) is 17.0. The number of rotatable bonds is 6. The van der Waals surface area contributed by atoms with Crippen molar-refractivity contribution in [2.45, 2.75) is 19.5 Å². The molecule has 4 nitrogen and oxygen atoms in total. The molecular weight excluding hydrogens is 434 g/mol. The highest BCUT2D eigenvalue weighted by atomic mass is 32.1. The van der Waals surface area contributed by atoms with Crippen LogP contribution in [0.15, 0.2) is 78.4 Å². The molecule has 3 aromatic rings. The highest BCUT2D eigenvalue weighted by Crippen LogP contribution is 2.48. The number of aromatic hydroxyl groups is 1. The standard InChI is InChI=1S/C25H20F2O4S/c1-14-12-15(7-11-22(29)30)6-10-20(14)31-23-19-9-8-16(28)13-21(19)32-24(23)17-4-2-3-5-18(17)25(26)27/h2-14,20,25,28H,1H3,(H,29,30). The number of carbonyl (C=O) groups is 1. The van der Waals surface area contributed by atoms with Gasteiger partial charge in [0.05, 0.1) is 4.88 Å². The third-order valence-electron chi connectivity index (χ3n) is 5.19. The number of phenolic OH excluding ortho intramolecular Hbond substituents is 1. The second-order valence-corrected chi connectivity index (χ2v) is 8.52. The van der Waals surface area contributed by atoms with Crippen molar-refractivity contribution >= 4 is 27.4 Å². The van der Waals surface area contributed by atoms with Crippen LogP contribution >= 0.6 is 11.3 Å². The lowest BCUT2D eigenvalue weighted by atomic mass is 9.94. The van der Waals surface area contributed by atoms with E-state index in [1.807, 2.05) is 19.1 Å². The largest absolute Gasteiger partial charge is 0.508 e. The number of phenols is 1. The normalized spacial score (nSPS) is 18.4. The van der Waals surface area contributed by atoms with Gasteiger partial charge in [-0.25, -0.2) is 13.6 Å². The number of allylic oxidation sites excluding steroid dienone is 3. The molecule has 1 heterocycles. The fourth-order valence-corrected chi connectivity index (χ4v) is 4.86. The number of carboxylic acids is 1. The number of hydrogen-bond donors (Lipinski definition) is 2. The summed E-state index contributed by atoms with van der Waals surface area (Å²) in [5.41, 5.74) is 1.07. The van der Waals surface area contributed by atoms with E-state index in [0.29, 0.717) is 16.2 Å². The molecule has 4 rings (SSSR count). The fourth-order valence-electron chi connectivity index (χ4n) is 3.65. The molecule has 2 aromatic carbocycles. The minimum atomic E-state index is -2.64. The number of carboxylic acid groups (broad SMARTS) is 1. The van der Waals surface area contributed by atoms with E-state index in [-0.39, 0.29) is 23.3 Å². The average molecular weight is 454 g/mol. The van der Waals surface area contributed by atoms with Crippen LogP contribution in [0.5, 0.6) is 11.5 Å². The lowest BCUT2D eigenvalue weighted by Gasteiger charge is -2.24. The molecule has 0 saturated carbocycles. The van der Waals surface area contributed by atoms with Crippen LogP contribution in [0.2, 0.25) is 0 Å². The topological polar surface area (TPSA) is 66.8 Å². The SMILES string of the molecule is CC1C=C(C=CC(=O)O)C=CC1Oc1c(-c2ccccc2C(F)F)sc2cc(O)ccc12. The van der Waals surface area contributed by atoms with Crippen LogP contribution in [0, 0.1) is 5.92 Å². The van der Waals surface area contributed by atoms with Crippen molar-refractivity contribution in [2.24, 2.45) is 5.92 Å². The number of aliphatic carboxylic acids is 1. The summed E-state index contributed by atoms with van der Waals surface area (Å²) in [6.45, 7) is 1.94. The van der Waals surface area contributed by atoms with Gasteiger partial charge in [0.1, 0.15) is 17.6 Å². The number of benzene rings is 2. The minimum absolute atomic E-state index is 0.0821. The van der Waals surface area contributed by atoms with Crippen LogP contribution in [0.4, 0.5) is 8.78 Å². The van der Waals surface area contributed by atoms with Crippen molar-refractivity contribution < 1.29 is 28.5 Å². The fraction of sp³-hybridized carbons (Fsp3) is 0.160. The Kier molecular flexibility index (Phi) is 6.10. The zero-order valence-corrected chi connectivity index (χ0v) is 17.9. The number of alkyl halides is 2. The molecule has 1 aliphatic carbocycles. The molecule has 0 aliphatic heterocycles. The summed E-state index contributed by atoms with van der Waals surface area (Å²) in [6.07, 6.45) is 5.08. The minimum Gasteiger partial charge on any atom is -0.508 e. The summed E-state index contributed by atoms with van der Waals surface area (Å²) in [6, 6.07) is 11.2. The molecule has 32 heavy (non-hydrogen) atoms. The highest BCUT2D eigenvalue weighted by molar-refractivity contribution is 7.22. The molecule has 0 spiro atoms. The second kappa shape index (κ2) is 8.96. The summed E-state index contributed by atoms with van der Waals surface area (Å²) in [5.74, 6) is -0.542. The van der Waals surface area contributed by atoms with Gasteiger partial charge in [0.25, 0.3) is 6.43 Å². The maximum Gasteiger partial charge on any atom is 0.328 e. The van der Waals surface area contributed by atoms with Crippen molar-refractivity contribution in [1.29, 1.82) is 0 Å². The Morgan fingerprint density at radius 1 is 1.22 bits per heavy atom. The molecule has 0 radical (unpaired) electrons. The van der Waals surface area contributed by atoms with Gasteiger partial charge in [-0.3, -0.25) is 0 Å². The summed E-state index contributed by atoms with van der Waals surface area (Å²) < 4.78 is 34.5. The van der Waals surface area contributed by atoms with E-state index in [1.54, 1.807) is 42.5 Å². The number of hydrogen-bond acceptors (Lipinski definition) is 4. The van der Waals surface area contributed by atoms with Gasteiger partial charge in [-0.05, 0) is 35.9 Å². The molecule has 0 bridgehead atoms. The molecule has 7 heteroatoms. The smallest absolute Gasteiger partial charge is 0.328 e. The Bertz CT molecular complexity index is 1260. The van der Waals surface area contributed by atoms with Gasteiger partial charge < -0.3 is 14.9 Å². The first-order valence-electron chi connectivity index (χ1n) is 9.94. The molecule has 2 N–H and O–H groups in total. The van der Waals surface area contributed by atoms with Gasteiger partial charge in [-0.1, -0.05) is 43.3 Å². The Balaban J connectivity index is 1.76. The van der Waals surface area contributed by atoms with Crippen LogP contribution in [0.25, 0.3) is 20.5 Å². The van der Waals surface area contributed by atoms with Crippen LogP contribution in [0.1, 0.15) is 18.9 Å². The first kappa shape index (κ1) is 21.8. The molecule has 0 amide bonds. The predicted octanol–water partition coefficient (Wildman–Crippen LogP) is 6.73. The van der Waals surface area contributed by atoms with Gasteiger partial charge in [0.2, 0.25) is 0 Å². The van der Waals surface area contributed by atoms with Gasteiger partial charge in [-0.2, -0.15) is 0 Å². The molecular formula is C25H20F2O4S. The molecule has 164 valence electrons. The third kappa shape index (κ3) is 4.43. The van der Waals surface area contributed by atoms with Crippen LogP contribution < -0.4 is 4.74 Å². The van der Waals surface area contributed by atoms with Gasteiger partial charge in [-0.15, -0.1) is 11.3 Å². The first-order valence-corrected chi connectivity index (χ1v) is 10.8. The quantitative estimate of drug-likeness (QED) is 0.405. The maximum atomic E-state index is 13.7. The van der Waals surface area contributed by atoms with Gasteiger partial charge in [0, 0.05) is 33.2 Å². The van der Waals surface area contributed by atoms with Crippen molar-refractivity contribution in [3.05, 3.63) is 84.0 Å². The molecule has 1 aromatic heterocycles. The average Bonchev–Trinajstić information content (AvgIpc) is 3.11. The lowest BCUT2D eigenvalue weighted by Crippen LogP contribution is -2.23. The maximum absolute atomic E-state index is 13.7. The summed E-state index contributed by atoms with van der Waals surface area (Å²) >= 11 is 1.29. The van der Waals surface area contributed by atoms with Crippen LogP contribution in [-0.2, 0) is 4.79 Å². The zero-order chi connectivity index (χ0) is 22.8. The van der Waals surface area contributed by atoms with Crippen LogP contribution in [0.3, 0.4) is 0 Å². The van der Waals surface area contributed by atoms with Crippen molar-refractivity contribution in [3.63, 3.8) is 0 Å². The molecule has 1 aliphatic rings. The number of fused-ring (bicyclic) bond motifs is 1. The van der Waals surface area contributed by atoms with E-state index in [2.05, 4.69) is 0 Å². The Morgan fingerprint density at radius 2 is 2.00 bits per heavy atom. The van der Waals surface area contributed by atoms with E-state index < -0.39 is 12.4 Å².